The molecule has 4 fully saturated rings. The molecule has 0 aromatic rings. The van der Waals surface area contributed by atoms with Crippen molar-refractivity contribution in [3.8, 4) is 0 Å². The molecule has 3 saturated carbocycles. The first-order valence-electron chi connectivity index (χ1n) is 15.6. The molecule has 2 aliphatic heterocycles. The number of ether oxygens (including phenoxy) is 2. The molecule has 0 spiro atoms. The monoisotopic (exact) mass is 581 g/mol. The average molecular weight is 582 g/mol. The van der Waals surface area contributed by atoms with Crippen LogP contribution in [0.4, 0.5) is 0 Å². The van der Waals surface area contributed by atoms with Gasteiger partial charge in [0.25, 0.3) is 0 Å². The van der Waals surface area contributed by atoms with Gasteiger partial charge in [-0.1, -0.05) is 12.8 Å². The number of carbonyl (C=O) groups is 1. The maximum absolute atomic E-state index is 13.2. The summed E-state index contributed by atoms with van der Waals surface area (Å²) in [5, 5.41) is 22.3. The maximum Gasteiger partial charge on any atom is 0.454 e. The molecule has 7 unspecified atom stereocenters. The van der Waals surface area contributed by atoms with Crippen LogP contribution in [-0.2, 0) is 14.3 Å². The minimum absolute atomic E-state index is 0.0117. The van der Waals surface area contributed by atoms with Gasteiger partial charge in [-0.05, 0) is 76.4 Å². The highest BCUT2D eigenvalue weighted by atomic mass is 35.5. The molecule has 3 aliphatic carbocycles. The number of carbonyl (C=O) groups excluding carboxylic acids is 1. The molecule has 5 rings (SSSR count). The van der Waals surface area contributed by atoms with Crippen LogP contribution in [-0.4, -0.2) is 95.9 Å². The highest BCUT2D eigenvalue weighted by molar-refractivity contribution is 6.43. The normalized spacial score (nSPS) is 40.5. The molecule has 0 aromatic heterocycles. The summed E-state index contributed by atoms with van der Waals surface area (Å²) in [7, 11) is 0.535. The van der Waals surface area contributed by atoms with Gasteiger partial charge in [-0.3, -0.25) is 14.7 Å². The van der Waals surface area contributed by atoms with Crippen LogP contribution in [0.2, 0.25) is 5.82 Å². The molecular weight excluding hydrogens is 533 g/mol. The lowest BCUT2D eigenvalue weighted by Crippen LogP contribution is -2.55. The molecule has 5 aliphatic rings. The Morgan fingerprint density at radius 2 is 1.90 bits per heavy atom. The Bertz CT molecular complexity index is 878. The van der Waals surface area contributed by atoms with Crippen molar-refractivity contribution in [2.75, 3.05) is 20.3 Å². The highest BCUT2D eigenvalue weighted by Crippen LogP contribution is 2.42. The SMILES string of the molecule is COC1CCC2C(C1)C(C1CCC(Cl)CC1)=N[C@@H](CC(=O)NCCOC1CCCC(B(O)O)C1)C1NNC(C)N21. The number of hydrogen-bond donors (Lipinski definition) is 5. The Labute approximate surface area is 244 Å². The van der Waals surface area contributed by atoms with Crippen molar-refractivity contribution in [2.45, 2.75) is 132 Å². The lowest BCUT2D eigenvalue weighted by molar-refractivity contribution is -0.122. The topological polar surface area (TPSA) is 128 Å². The zero-order valence-corrected chi connectivity index (χ0v) is 24.9. The quantitative estimate of drug-likeness (QED) is 0.159. The number of amides is 1. The van der Waals surface area contributed by atoms with Crippen LogP contribution in [0.1, 0.15) is 84.0 Å². The van der Waals surface area contributed by atoms with E-state index >= 15 is 0 Å². The van der Waals surface area contributed by atoms with E-state index in [-0.39, 0.29) is 47.7 Å². The zero-order valence-electron chi connectivity index (χ0n) is 24.1. The summed E-state index contributed by atoms with van der Waals surface area (Å²) < 4.78 is 11.8. The number of methoxy groups -OCH3 is 1. The number of nitrogens with zero attached hydrogens (tertiary/aromatic N) is 2. The summed E-state index contributed by atoms with van der Waals surface area (Å²) in [6, 6.07) is 0.165. The van der Waals surface area contributed by atoms with Crippen molar-refractivity contribution in [2.24, 2.45) is 16.8 Å². The van der Waals surface area contributed by atoms with Gasteiger partial charge < -0.3 is 24.8 Å². The van der Waals surface area contributed by atoms with E-state index in [2.05, 4.69) is 28.0 Å². The van der Waals surface area contributed by atoms with Crippen molar-refractivity contribution in [3.05, 3.63) is 0 Å². The molecule has 1 saturated heterocycles. The standard InChI is InChI=1S/C28H49BClN5O5/c1-17-33-34-28-24(16-26(36)31-12-13-40-22-5-3-4-19(14-22)29(37)38)32-27(18-6-8-20(30)9-7-18)23-15-21(39-2)10-11-25(23)35(17)28/h17-25,28,33-34,37-38H,3-16H2,1-2H3,(H,31,36)/t17?,18?,19?,20?,21?,22?,23?,24-,25?,28?/m0/s1. The molecule has 0 radical (unpaired) electrons. The molecule has 0 bridgehead atoms. The lowest BCUT2D eigenvalue weighted by Gasteiger charge is -2.44. The molecule has 8 atom stereocenters. The number of fused-ring (bicyclic) bond motifs is 3. The van der Waals surface area contributed by atoms with Crippen LogP contribution in [0, 0.1) is 11.8 Å². The molecular formula is C28H49BClN5O5. The first-order chi connectivity index (χ1) is 19.3. The number of alkyl halides is 1. The second kappa shape index (κ2) is 14.1. The van der Waals surface area contributed by atoms with Gasteiger partial charge in [0.2, 0.25) is 5.91 Å². The fourth-order valence-electron chi connectivity index (χ4n) is 7.94. The van der Waals surface area contributed by atoms with Crippen molar-refractivity contribution in [1.82, 2.24) is 21.1 Å². The smallest absolute Gasteiger partial charge is 0.427 e. The van der Waals surface area contributed by atoms with Gasteiger partial charge in [-0.2, -0.15) is 0 Å². The van der Waals surface area contributed by atoms with Gasteiger partial charge in [0.15, 0.2) is 0 Å². The Morgan fingerprint density at radius 3 is 2.65 bits per heavy atom. The van der Waals surface area contributed by atoms with E-state index in [1.165, 1.54) is 5.71 Å². The summed E-state index contributed by atoms with van der Waals surface area (Å²) in [5.74, 6) is 0.586. The van der Waals surface area contributed by atoms with Crippen molar-refractivity contribution < 1.29 is 24.3 Å². The van der Waals surface area contributed by atoms with Crippen LogP contribution in [0.25, 0.3) is 0 Å². The average Bonchev–Trinajstić information content (AvgIpc) is 3.28. The third kappa shape index (κ3) is 7.22. The van der Waals surface area contributed by atoms with Crippen LogP contribution in [0.3, 0.4) is 0 Å². The number of hydrazine groups is 1. The maximum atomic E-state index is 13.2. The van der Waals surface area contributed by atoms with Crippen molar-refractivity contribution in [1.29, 1.82) is 0 Å². The third-order valence-corrected chi connectivity index (χ3v) is 10.5. The molecule has 10 nitrogen and oxygen atoms in total. The van der Waals surface area contributed by atoms with Gasteiger partial charge in [0, 0.05) is 36.7 Å². The van der Waals surface area contributed by atoms with Gasteiger partial charge in [0.05, 0.1) is 43.6 Å². The molecule has 12 heteroatoms. The fraction of sp³-hybridized carbons (Fsp3) is 0.929. The van der Waals surface area contributed by atoms with E-state index in [0.29, 0.717) is 43.9 Å². The summed E-state index contributed by atoms with van der Waals surface area (Å²) in [6.45, 7) is 3.04. The first-order valence-corrected chi connectivity index (χ1v) is 16.0. The molecule has 5 N–H and O–H groups in total. The summed E-state index contributed by atoms with van der Waals surface area (Å²) in [4.78, 5) is 21.2. The van der Waals surface area contributed by atoms with Gasteiger partial charge >= 0.3 is 7.12 Å². The number of rotatable bonds is 9. The largest absolute Gasteiger partial charge is 0.454 e. The number of hydrogen-bond acceptors (Lipinski definition) is 9. The highest BCUT2D eigenvalue weighted by Gasteiger charge is 2.50. The molecule has 40 heavy (non-hydrogen) atoms. The number of aliphatic imine (C=N–C) groups is 1. The zero-order chi connectivity index (χ0) is 28.2. The number of halogens is 1. The fourth-order valence-corrected chi connectivity index (χ4v) is 8.19. The van der Waals surface area contributed by atoms with Crippen molar-refractivity contribution in [3.63, 3.8) is 0 Å². The number of nitrogens with one attached hydrogen (secondary N) is 3. The van der Waals surface area contributed by atoms with Crippen molar-refractivity contribution >= 4 is 30.3 Å². The minimum Gasteiger partial charge on any atom is -0.427 e. The van der Waals surface area contributed by atoms with Gasteiger partial charge in [-0.15, -0.1) is 11.6 Å². The van der Waals surface area contributed by atoms with Crippen LogP contribution in [0.5, 0.6) is 0 Å². The second-order valence-corrected chi connectivity index (χ2v) is 13.3. The van der Waals surface area contributed by atoms with E-state index in [0.717, 1.165) is 64.2 Å². The van der Waals surface area contributed by atoms with Gasteiger partial charge in [-0.25, -0.2) is 10.9 Å². The van der Waals surface area contributed by atoms with E-state index in [1.54, 1.807) is 0 Å². The Morgan fingerprint density at radius 1 is 1.10 bits per heavy atom. The Hall–Kier alpha value is -0.785. The predicted molar refractivity (Wildman–Crippen MR) is 156 cm³/mol. The summed E-state index contributed by atoms with van der Waals surface area (Å²) in [6.07, 6.45) is 11.2. The summed E-state index contributed by atoms with van der Waals surface area (Å²) >= 11 is 6.49. The van der Waals surface area contributed by atoms with E-state index < -0.39 is 7.12 Å². The first kappa shape index (κ1) is 30.7. The van der Waals surface area contributed by atoms with Crippen LogP contribution >= 0.6 is 11.6 Å². The molecule has 226 valence electrons. The minimum atomic E-state index is -1.29. The molecule has 2 heterocycles. The summed E-state index contributed by atoms with van der Waals surface area (Å²) in [5.41, 5.74) is 8.20. The van der Waals surface area contributed by atoms with Gasteiger partial charge in [0.1, 0.15) is 0 Å². The van der Waals surface area contributed by atoms with E-state index in [1.807, 2.05) is 7.11 Å². The Kier molecular flexibility index (Phi) is 10.8. The lowest BCUT2D eigenvalue weighted by atomic mass is 9.64. The second-order valence-electron chi connectivity index (χ2n) is 12.7. The van der Waals surface area contributed by atoms with Crippen LogP contribution in [0.15, 0.2) is 4.99 Å². The third-order valence-electron chi connectivity index (χ3n) is 10.1. The predicted octanol–water partition coefficient (Wildman–Crippen LogP) is 2.18. The Balaban J connectivity index is 1.25. The van der Waals surface area contributed by atoms with E-state index in [9.17, 15) is 14.8 Å². The van der Waals surface area contributed by atoms with Crippen LogP contribution < -0.4 is 16.2 Å². The molecule has 0 aromatic carbocycles. The molecule has 1 amide bonds. The van der Waals surface area contributed by atoms with E-state index in [4.69, 9.17) is 26.1 Å².